The van der Waals surface area contributed by atoms with Crippen LogP contribution in [0.25, 0.3) is 0 Å². The number of piperidine rings is 1. The zero-order chi connectivity index (χ0) is 5.56. The third kappa shape index (κ3) is 0.501. The van der Waals surface area contributed by atoms with Crippen LogP contribution in [-0.4, -0.2) is 24.7 Å². The number of nitrogens with one attached hydrogen (secondary N) is 2. The summed E-state index contributed by atoms with van der Waals surface area (Å²) in [5.41, 5.74) is 0. The first-order chi connectivity index (χ1) is 3.86. The van der Waals surface area contributed by atoms with Crippen LogP contribution >= 0.6 is 0 Å². The number of hydrogen-bond acceptors (Lipinski definition) is 2. The SMILES string of the molecule is C[C@@H]1NCC2CC1N2. The van der Waals surface area contributed by atoms with Gasteiger partial charge in [0.25, 0.3) is 0 Å². The summed E-state index contributed by atoms with van der Waals surface area (Å²) in [5.74, 6) is 0. The smallest absolute Gasteiger partial charge is 0.0236 e. The highest BCUT2D eigenvalue weighted by atomic mass is 15.2. The Labute approximate surface area is 49.7 Å². The molecule has 2 bridgehead atoms. The van der Waals surface area contributed by atoms with Gasteiger partial charge < -0.3 is 10.6 Å². The van der Waals surface area contributed by atoms with Gasteiger partial charge >= 0.3 is 0 Å². The summed E-state index contributed by atoms with van der Waals surface area (Å²) in [6, 6.07) is 2.30. The van der Waals surface area contributed by atoms with E-state index in [4.69, 9.17) is 0 Å². The van der Waals surface area contributed by atoms with Crippen LogP contribution in [0.1, 0.15) is 13.3 Å². The molecule has 0 aliphatic carbocycles. The van der Waals surface area contributed by atoms with Crippen LogP contribution in [0.15, 0.2) is 0 Å². The maximum atomic E-state index is 3.47. The Hall–Kier alpha value is -0.0800. The summed E-state index contributed by atoms with van der Waals surface area (Å²) in [6.45, 7) is 3.42. The Kier molecular flexibility index (Phi) is 0.866. The number of rotatable bonds is 0. The Balaban J connectivity index is 2.01. The summed E-state index contributed by atoms with van der Waals surface area (Å²) in [4.78, 5) is 0. The van der Waals surface area contributed by atoms with Gasteiger partial charge in [-0.25, -0.2) is 0 Å². The van der Waals surface area contributed by atoms with Gasteiger partial charge in [-0.2, -0.15) is 0 Å². The molecular formula is C6H12N2. The molecule has 2 heteroatoms. The lowest BCUT2D eigenvalue weighted by molar-refractivity contribution is 0.155. The van der Waals surface area contributed by atoms with Crippen LogP contribution in [-0.2, 0) is 0 Å². The lowest BCUT2D eigenvalue weighted by Gasteiger charge is -2.47. The van der Waals surface area contributed by atoms with Crippen LogP contribution in [0.5, 0.6) is 0 Å². The van der Waals surface area contributed by atoms with Crippen molar-refractivity contribution in [2.75, 3.05) is 6.54 Å². The summed E-state index contributed by atoms with van der Waals surface area (Å²) < 4.78 is 0. The van der Waals surface area contributed by atoms with Gasteiger partial charge in [0.1, 0.15) is 0 Å². The van der Waals surface area contributed by atoms with Gasteiger partial charge in [0, 0.05) is 24.7 Å². The second-order valence-corrected chi connectivity index (χ2v) is 2.90. The van der Waals surface area contributed by atoms with Crippen molar-refractivity contribution in [3.05, 3.63) is 0 Å². The minimum absolute atomic E-state index is 0.708. The summed E-state index contributed by atoms with van der Waals surface area (Å²) in [5, 5.41) is 6.89. The van der Waals surface area contributed by atoms with Gasteiger partial charge in [-0.3, -0.25) is 0 Å². The molecule has 0 radical (unpaired) electrons. The molecule has 3 fully saturated rings. The fourth-order valence-electron chi connectivity index (χ4n) is 1.55. The predicted octanol–water partition coefficient (Wildman–Crippen LogP) is -0.291. The van der Waals surface area contributed by atoms with E-state index < -0.39 is 0 Å². The molecular weight excluding hydrogens is 100 g/mol. The van der Waals surface area contributed by atoms with Crippen molar-refractivity contribution in [3.8, 4) is 0 Å². The highest BCUT2D eigenvalue weighted by Crippen LogP contribution is 2.18. The predicted molar refractivity (Wildman–Crippen MR) is 32.8 cm³/mol. The molecule has 3 aliphatic rings. The van der Waals surface area contributed by atoms with Crippen LogP contribution in [0.3, 0.4) is 0 Å². The zero-order valence-corrected chi connectivity index (χ0v) is 5.15. The van der Waals surface area contributed by atoms with Gasteiger partial charge in [0.2, 0.25) is 0 Å². The van der Waals surface area contributed by atoms with Crippen LogP contribution < -0.4 is 10.6 Å². The van der Waals surface area contributed by atoms with Crippen LogP contribution in [0.2, 0.25) is 0 Å². The van der Waals surface area contributed by atoms with E-state index in [0.29, 0.717) is 6.04 Å². The van der Waals surface area contributed by atoms with Gasteiger partial charge in [0.05, 0.1) is 0 Å². The Bertz CT molecular complexity index is 91.2. The minimum atomic E-state index is 0.708. The highest BCUT2D eigenvalue weighted by Gasteiger charge is 2.36. The molecule has 0 spiro atoms. The van der Waals surface area contributed by atoms with Crippen LogP contribution in [0.4, 0.5) is 0 Å². The molecule has 2 unspecified atom stereocenters. The van der Waals surface area contributed by atoms with Gasteiger partial charge in [-0.15, -0.1) is 0 Å². The van der Waals surface area contributed by atoms with E-state index in [2.05, 4.69) is 17.6 Å². The first-order valence-corrected chi connectivity index (χ1v) is 3.36. The topological polar surface area (TPSA) is 24.1 Å². The normalized spacial score (nSPS) is 52.9. The molecule has 8 heavy (non-hydrogen) atoms. The van der Waals surface area contributed by atoms with E-state index in [0.717, 1.165) is 12.1 Å². The Morgan fingerprint density at radius 3 is 2.50 bits per heavy atom. The summed E-state index contributed by atoms with van der Waals surface area (Å²) in [6.07, 6.45) is 1.40. The molecule has 3 rings (SSSR count). The maximum Gasteiger partial charge on any atom is 0.0236 e. The third-order valence-electron chi connectivity index (χ3n) is 2.28. The Morgan fingerprint density at radius 1 is 1.50 bits per heavy atom. The average Bonchev–Trinajstić information content (AvgIpc) is 1.62. The van der Waals surface area contributed by atoms with Gasteiger partial charge in [0.15, 0.2) is 0 Å². The molecule has 0 aromatic rings. The molecule has 3 aliphatic heterocycles. The second-order valence-electron chi connectivity index (χ2n) is 2.90. The molecule has 0 amide bonds. The minimum Gasteiger partial charge on any atom is -0.311 e. The molecule has 2 N–H and O–H groups in total. The van der Waals surface area contributed by atoms with E-state index >= 15 is 0 Å². The molecule has 46 valence electrons. The van der Waals surface area contributed by atoms with E-state index in [-0.39, 0.29) is 0 Å². The van der Waals surface area contributed by atoms with Crippen molar-refractivity contribution in [3.63, 3.8) is 0 Å². The van der Waals surface area contributed by atoms with Crippen molar-refractivity contribution >= 4 is 0 Å². The van der Waals surface area contributed by atoms with Crippen molar-refractivity contribution in [1.29, 1.82) is 0 Å². The number of piperazine rings is 1. The van der Waals surface area contributed by atoms with Crippen LogP contribution in [0, 0.1) is 0 Å². The molecule has 3 saturated heterocycles. The standard InChI is InChI=1S/C6H12N2/c1-4-6-2-5(8-6)3-7-4/h4-8H,2-3H2,1H3/t4-,5?,6?/m0/s1. The van der Waals surface area contributed by atoms with E-state index in [9.17, 15) is 0 Å². The maximum absolute atomic E-state index is 3.47. The molecule has 3 heterocycles. The Morgan fingerprint density at radius 2 is 2.25 bits per heavy atom. The lowest BCUT2D eigenvalue weighted by atomic mass is 9.87. The quantitative estimate of drug-likeness (QED) is 0.450. The average molecular weight is 112 g/mol. The first-order valence-electron chi connectivity index (χ1n) is 3.36. The van der Waals surface area contributed by atoms with Gasteiger partial charge in [-0.1, -0.05) is 0 Å². The number of hydrogen-bond donors (Lipinski definition) is 2. The third-order valence-corrected chi connectivity index (χ3v) is 2.28. The van der Waals surface area contributed by atoms with E-state index in [1.54, 1.807) is 0 Å². The lowest BCUT2D eigenvalue weighted by Crippen LogP contribution is -2.69. The molecule has 3 atom stereocenters. The molecule has 0 saturated carbocycles. The van der Waals surface area contributed by atoms with Gasteiger partial charge in [-0.05, 0) is 13.3 Å². The largest absolute Gasteiger partial charge is 0.311 e. The van der Waals surface area contributed by atoms with Crippen molar-refractivity contribution in [2.45, 2.75) is 31.5 Å². The molecule has 0 aromatic carbocycles. The first kappa shape index (κ1) is 4.77. The zero-order valence-electron chi connectivity index (χ0n) is 5.15. The van der Waals surface area contributed by atoms with E-state index in [1.165, 1.54) is 13.0 Å². The summed E-state index contributed by atoms with van der Waals surface area (Å²) >= 11 is 0. The van der Waals surface area contributed by atoms with Crippen molar-refractivity contribution in [2.24, 2.45) is 0 Å². The second kappa shape index (κ2) is 1.45. The monoisotopic (exact) mass is 112 g/mol. The molecule has 0 aromatic heterocycles. The fraction of sp³-hybridized carbons (Fsp3) is 1.00. The highest BCUT2D eigenvalue weighted by molar-refractivity contribution is 5.00. The summed E-state index contributed by atoms with van der Waals surface area (Å²) in [7, 11) is 0. The van der Waals surface area contributed by atoms with E-state index in [1.807, 2.05) is 0 Å². The fourth-order valence-corrected chi connectivity index (χ4v) is 1.55. The van der Waals surface area contributed by atoms with Crippen molar-refractivity contribution in [1.82, 2.24) is 10.6 Å². The van der Waals surface area contributed by atoms with Crippen molar-refractivity contribution < 1.29 is 0 Å². The molecule has 2 nitrogen and oxygen atoms in total. The number of fused-ring (bicyclic) bond motifs is 2.